The van der Waals surface area contributed by atoms with Crippen molar-refractivity contribution in [3.63, 3.8) is 0 Å². The molecule has 1 heterocycles. The van der Waals surface area contributed by atoms with Gasteiger partial charge in [0.25, 0.3) is 0 Å². The summed E-state index contributed by atoms with van der Waals surface area (Å²) in [5.41, 5.74) is 6.26. The number of nitrogens with two attached hydrogens (primary N) is 1. The number of nitrogens with zero attached hydrogens (tertiary/aromatic N) is 1. The second-order valence-corrected chi connectivity index (χ2v) is 8.37. The van der Waals surface area contributed by atoms with Crippen LogP contribution in [0.2, 0.25) is 0 Å². The van der Waals surface area contributed by atoms with Crippen molar-refractivity contribution in [3.05, 3.63) is 35.9 Å². The average molecular weight is 451 g/mol. The van der Waals surface area contributed by atoms with Crippen LogP contribution in [0.25, 0.3) is 0 Å². The highest BCUT2D eigenvalue weighted by atomic mass is 32.2. The van der Waals surface area contributed by atoms with E-state index in [9.17, 15) is 24.3 Å². The molecule has 0 radical (unpaired) electrons. The van der Waals surface area contributed by atoms with Gasteiger partial charge in [0.15, 0.2) is 0 Å². The molecule has 0 bridgehead atoms. The lowest BCUT2D eigenvalue weighted by molar-refractivity contribution is -0.142. The fourth-order valence-corrected chi connectivity index (χ4v) is 4.02. The van der Waals surface area contributed by atoms with E-state index in [1.165, 1.54) is 16.7 Å². The summed E-state index contributed by atoms with van der Waals surface area (Å²) in [4.78, 5) is 50.9. The zero-order valence-corrected chi connectivity index (χ0v) is 18.4. The third-order valence-electron chi connectivity index (χ3n) is 5.19. The van der Waals surface area contributed by atoms with Gasteiger partial charge in [0.1, 0.15) is 18.1 Å². The summed E-state index contributed by atoms with van der Waals surface area (Å²) in [7, 11) is 0. The maximum atomic E-state index is 13.0. The van der Waals surface area contributed by atoms with Crippen molar-refractivity contribution in [1.82, 2.24) is 15.5 Å². The lowest BCUT2D eigenvalue weighted by atomic mass is 10.0. The highest BCUT2D eigenvalue weighted by molar-refractivity contribution is 7.98. The van der Waals surface area contributed by atoms with E-state index >= 15 is 0 Å². The van der Waals surface area contributed by atoms with Crippen LogP contribution in [0.3, 0.4) is 0 Å². The Labute approximate surface area is 186 Å². The smallest absolute Gasteiger partial charge is 0.326 e. The van der Waals surface area contributed by atoms with Crippen LogP contribution in [0.4, 0.5) is 0 Å². The Kier molecular flexibility index (Phi) is 9.80. The van der Waals surface area contributed by atoms with Crippen molar-refractivity contribution < 1.29 is 24.3 Å². The fraction of sp³-hybridized carbons (Fsp3) is 0.524. The maximum Gasteiger partial charge on any atom is 0.326 e. The molecule has 170 valence electrons. The van der Waals surface area contributed by atoms with Gasteiger partial charge >= 0.3 is 5.97 Å². The fourth-order valence-electron chi connectivity index (χ4n) is 3.55. The predicted octanol–water partition coefficient (Wildman–Crippen LogP) is -0.0139. The topological polar surface area (TPSA) is 142 Å². The molecule has 10 heteroatoms. The first kappa shape index (κ1) is 24.7. The predicted molar refractivity (Wildman–Crippen MR) is 118 cm³/mol. The molecule has 0 aliphatic carbocycles. The third kappa shape index (κ3) is 7.25. The highest BCUT2D eigenvalue weighted by Gasteiger charge is 2.35. The summed E-state index contributed by atoms with van der Waals surface area (Å²) in [6.45, 7) is 0.257. The van der Waals surface area contributed by atoms with E-state index in [-0.39, 0.29) is 25.3 Å². The summed E-state index contributed by atoms with van der Waals surface area (Å²) in [6.07, 6.45) is 3.49. The number of carbonyl (C=O) groups excluding carboxylic acids is 3. The van der Waals surface area contributed by atoms with Crippen LogP contribution in [-0.2, 0) is 25.6 Å². The lowest BCUT2D eigenvalue weighted by Gasteiger charge is -2.27. The molecule has 3 atom stereocenters. The zero-order chi connectivity index (χ0) is 22.8. The average Bonchev–Trinajstić information content (AvgIpc) is 3.26. The second-order valence-electron chi connectivity index (χ2n) is 7.38. The molecule has 5 N–H and O–H groups in total. The van der Waals surface area contributed by atoms with Gasteiger partial charge in [0.2, 0.25) is 17.7 Å². The molecule has 9 nitrogen and oxygen atoms in total. The molecular formula is C21H30N4O5S. The maximum absolute atomic E-state index is 13.0. The Balaban J connectivity index is 2.15. The van der Waals surface area contributed by atoms with Crippen molar-refractivity contribution in [2.75, 3.05) is 25.1 Å². The van der Waals surface area contributed by atoms with Gasteiger partial charge in [-0.25, -0.2) is 4.79 Å². The Bertz CT molecular complexity index is 776. The van der Waals surface area contributed by atoms with Gasteiger partial charge in [-0.05, 0) is 36.8 Å². The minimum atomic E-state index is -1.12. The van der Waals surface area contributed by atoms with Gasteiger partial charge in [-0.3, -0.25) is 14.4 Å². The number of thioether (sulfide) groups is 1. The normalized spacial score (nSPS) is 17.6. The van der Waals surface area contributed by atoms with E-state index in [2.05, 4.69) is 10.6 Å². The molecule has 1 saturated heterocycles. The number of carbonyl (C=O) groups is 4. The van der Waals surface area contributed by atoms with Crippen molar-refractivity contribution in [3.8, 4) is 0 Å². The quantitative estimate of drug-likeness (QED) is 0.371. The number of likely N-dealkylation sites (tertiary alicyclic amines) is 1. The summed E-state index contributed by atoms with van der Waals surface area (Å²) in [5.74, 6) is -1.87. The van der Waals surface area contributed by atoms with E-state index in [1.807, 2.05) is 36.6 Å². The van der Waals surface area contributed by atoms with E-state index < -0.39 is 35.9 Å². The molecule has 31 heavy (non-hydrogen) atoms. The SMILES string of the molecule is CSCCC(NC(=O)C(Cc1ccccc1)NC(=O)C1CCCN1C(=O)CN)C(=O)O. The van der Waals surface area contributed by atoms with Crippen LogP contribution in [0, 0.1) is 0 Å². The number of hydrogen-bond donors (Lipinski definition) is 4. The highest BCUT2D eigenvalue weighted by Crippen LogP contribution is 2.18. The minimum Gasteiger partial charge on any atom is -0.480 e. The Morgan fingerprint density at radius 1 is 1.19 bits per heavy atom. The number of rotatable bonds is 11. The standard InChI is InChI=1S/C21H30N4O5S/c1-31-11-9-15(21(29)30)23-19(27)16(12-14-6-3-2-4-7-14)24-20(28)17-8-5-10-25(17)18(26)13-22/h2-4,6-7,15-17H,5,8-13,22H2,1H3,(H,23,27)(H,24,28)(H,29,30). The number of nitrogens with one attached hydrogen (secondary N) is 2. The van der Waals surface area contributed by atoms with E-state index in [0.29, 0.717) is 25.1 Å². The summed E-state index contributed by atoms with van der Waals surface area (Å²) >= 11 is 1.49. The molecule has 0 spiro atoms. The molecule has 1 aliphatic heterocycles. The minimum absolute atomic E-state index is 0.187. The largest absolute Gasteiger partial charge is 0.480 e. The molecule has 3 unspecified atom stereocenters. The van der Waals surface area contributed by atoms with Crippen LogP contribution >= 0.6 is 11.8 Å². The summed E-state index contributed by atoms with van der Waals surface area (Å²) in [6, 6.07) is 6.44. The molecule has 2 rings (SSSR count). The molecule has 1 aliphatic rings. The van der Waals surface area contributed by atoms with Crippen molar-refractivity contribution in [2.45, 2.75) is 43.8 Å². The van der Waals surface area contributed by atoms with Crippen molar-refractivity contribution in [2.24, 2.45) is 5.73 Å². The van der Waals surface area contributed by atoms with Crippen LogP contribution in [0.15, 0.2) is 30.3 Å². The Hall–Kier alpha value is -2.59. The number of aliphatic carboxylic acids is 1. The number of benzene rings is 1. The summed E-state index contributed by atoms with van der Waals surface area (Å²) < 4.78 is 0. The first-order chi connectivity index (χ1) is 14.9. The van der Waals surface area contributed by atoms with Crippen LogP contribution in [0.1, 0.15) is 24.8 Å². The summed E-state index contributed by atoms with van der Waals surface area (Å²) in [5, 5.41) is 14.7. The number of carboxylic acids is 1. The van der Waals surface area contributed by atoms with Crippen molar-refractivity contribution in [1.29, 1.82) is 0 Å². The van der Waals surface area contributed by atoms with Gasteiger partial charge in [-0.1, -0.05) is 30.3 Å². The van der Waals surface area contributed by atoms with Gasteiger partial charge in [0.05, 0.1) is 6.54 Å². The number of carboxylic acid groups (broad SMARTS) is 1. The van der Waals surface area contributed by atoms with Gasteiger partial charge in [-0.2, -0.15) is 11.8 Å². The van der Waals surface area contributed by atoms with E-state index in [1.54, 1.807) is 0 Å². The molecule has 1 fully saturated rings. The van der Waals surface area contributed by atoms with Gasteiger partial charge in [0, 0.05) is 13.0 Å². The van der Waals surface area contributed by atoms with Crippen LogP contribution in [0.5, 0.6) is 0 Å². The molecular weight excluding hydrogens is 420 g/mol. The molecule has 3 amide bonds. The molecule has 0 aromatic heterocycles. The van der Waals surface area contributed by atoms with Crippen LogP contribution in [-0.4, -0.2) is 76.9 Å². The number of amides is 3. The Morgan fingerprint density at radius 3 is 2.52 bits per heavy atom. The van der Waals surface area contributed by atoms with E-state index in [4.69, 9.17) is 5.73 Å². The molecule has 1 aromatic carbocycles. The van der Waals surface area contributed by atoms with Gasteiger partial charge in [-0.15, -0.1) is 0 Å². The van der Waals surface area contributed by atoms with Crippen molar-refractivity contribution >= 4 is 35.5 Å². The molecule has 1 aromatic rings. The number of hydrogen-bond acceptors (Lipinski definition) is 6. The molecule has 0 saturated carbocycles. The first-order valence-electron chi connectivity index (χ1n) is 10.2. The second kappa shape index (κ2) is 12.3. The third-order valence-corrected chi connectivity index (χ3v) is 5.84. The van der Waals surface area contributed by atoms with Crippen LogP contribution < -0.4 is 16.4 Å². The lowest BCUT2D eigenvalue weighted by Crippen LogP contribution is -2.56. The monoisotopic (exact) mass is 450 g/mol. The van der Waals surface area contributed by atoms with E-state index in [0.717, 1.165) is 5.56 Å². The first-order valence-corrected chi connectivity index (χ1v) is 11.6. The Morgan fingerprint density at radius 2 is 1.90 bits per heavy atom. The zero-order valence-electron chi connectivity index (χ0n) is 17.6. The van der Waals surface area contributed by atoms with Gasteiger partial charge < -0.3 is 26.4 Å².